The molecule has 0 aliphatic rings. The van der Waals surface area contributed by atoms with Crippen molar-refractivity contribution >= 4 is 23.5 Å². The number of nitrogens with zero attached hydrogens (tertiary/aromatic N) is 1. The maximum absolute atomic E-state index is 12.0. The van der Waals surface area contributed by atoms with E-state index in [0.717, 1.165) is 6.42 Å². The fraction of sp³-hybridized carbons (Fsp3) is 0.500. The summed E-state index contributed by atoms with van der Waals surface area (Å²) in [5.74, 6) is -0.739. The second-order valence-corrected chi connectivity index (χ2v) is 6.16. The molecule has 7 nitrogen and oxygen atoms in total. The summed E-state index contributed by atoms with van der Waals surface area (Å²) in [5, 5.41) is 5.50. The highest BCUT2D eigenvalue weighted by molar-refractivity contribution is 5.94. The SMILES string of the molecule is CCCOC(=O)c1ccc(NC(=O)CN(C)CC(=O)NC(C)C)cc1. The van der Waals surface area contributed by atoms with Gasteiger partial charge in [0.05, 0.1) is 25.3 Å². The van der Waals surface area contributed by atoms with Crippen molar-refractivity contribution in [3.05, 3.63) is 29.8 Å². The van der Waals surface area contributed by atoms with E-state index in [0.29, 0.717) is 17.9 Å². The molecule has 0 aliphatic carbocycles. The summed E-state index contributed by atoms with van der Waals surface area (Å²) in [7, 11) is 1.70. The Morgan fingerprint density at radius 3 is 2.24 bits per heavy atom. The molecule has 0 saturated heterocycles. The Kier molecular flexibility index (Phi) is 8.63. The summed E-state index contributed by atoms with van der Waals surface area (Å²) in [4.78, 5) is 37.0. The fourth-order valence-electron chi connectivity index (χ4n) is 2.08. The van der Waals surface area contributed by atoms with Crippen molar-refractivity contribution in [3.8, 4) is 0 Å². The molecule has 1 aromatic rings. The van der Waals surface area contributed by atoms with Crippen LogP contribution in [0.3, 0.4) is 0 Å². The molecule has 2 amide bonds. The van der Waals surface area contributed by atoms with E-state index in [1.54, 1.807) is 36.2 Å². The molecule has 2 N–H and O–H groups in total. The number of carbonyl (C=O) groups is 3. The Labute approximate surface area is 148 Å². The van der Waals surface area contributed by atoms with Crippen molar-refractivity contribution in [2.24, 2.45) is 0 Å². The van der Waals surface area contributed by atoms with Crippen molar-refractivity contribution < 1.29 is 19.1 Å². The highest BCUT2D eigenvalue weighted by Gasteiger charge is 2.12. The van der Waals surface area contributed by atoms with Crippen molar-refractivity contribution in [2.75, 3.05) is 32.1 Å². The first kappa shape index (κ1) is 20.6. The third-order valence-electron chi connectivity index (χ3n) is 3.12. The number of benzene rings is 1. The van der Waals surface area contributed by atoms with E-state index in [-0.39, 0.29) is 36.9 Å². The average Bonchev–Trinajstić information content (AvgIpc) is 2.51. The van der Waals surface area contributed by atoms with Gasteiger partial charge in [-0.25, -0.2) is 4.79 Å². The van der Waals surface area contributed by atoms with Crippen LogP contribution in [0, 0.1) is 0 Å². The minimum atomic E-state index is -0.379. The number of anilines is 1. The maximum Gasteiger partial charge on any atom is 0.338 e. The van der Waals surface area contributed by atoms with Gasteiger partial charge in [-0.15, -0.1) is 0 Å². The highest BCUT2D eigenvalue weighted by Crippen LogP contribution is 2.10. The normalized spacial score (nSPS) is 10.6. The van der Waals surface area contributed by atoms with Gasteiger partial charge in [0.1, 0.15) is 0 Å². The quantitative estimate of drug-likeness (QED) is 0.662. The van der Waals surface area contributed by atoms with Crippen LogP contribution in [-0.4, -0.2) is 55.5 Å². The van der Waals surface area contributed by atoms with E-state index in [4.69, 9.17) is 4.74 Å². The Morgan fingerprint density at radius 2 is 1.68 bits per heavy atom. The summed E-state index contributed by atoms with van der Waals surface area (Å²) in [6.45, 7) is 6.31. The predicted molar refractivity (Wildman–Crippen MR) is 96.4 cm³/mol. The monoisotopic (exact) mass is 349 g/mol. The largest absolute Gasteiger partial charge is 0.462 e. The molecule has 0 bridgehead atoms. The molecule has 1 aromatic carbocycles. The van der Waals surface area contributed by atoms with Crippen LogP contribution in [0.2, 0.25) is 0 Å². The van der Waals surface area contributed by atoms with Crippen LogP contribution >= 0.6 is 0 Å². The van der Waals surface area contributed by atoms with Gasteiger partial charge in [-0.05, 0) is 51.6 Å². The Bertz CT molecular complexity index is 584. The van der Waals surface area contributed by atoms with Crippen LogP contribution in [-0.2, 0) is 14.3 Å². The predicted octanol–water partition coefficient (Wildman–Crippen LogP) is 1.65. The lowest BCUT2D eigenvalue weighted by molar-refractivity contribution is -0.123. The number of hydrogen-bond donors (Lipinski definition) is 2. The number of rotatable bonds is 9. The average molecular weight is 349 g/mol. The molecule has 7 heteroatoms. The van der Waals surface area contributed by atoms with E-state index in [2.05, 4.69) is 10.6 Å². The lowest BCUT2D eigenvalue weighted by atomic mass is 10.2. The van der Waals surface area contributed by atoms with Crippen LogP contribution in [0.4, 0.5) is 5.69 Å². The van der Waals surface area contributed by atoms with Gasteiger partial charge in [-0.2, -0.15) is 0 Å². The van der Waals surface area contributed by atoms with E-state index < -0.39 is 0 Å². The smallest absolute Gasteiger partial charge is 0.338 e. The summed E-state index contributed by atoms with van der Waals surface area (Å²) in [6.07, 6.45) is 0.766. The van der Waals surface area contributed by atoms with Gasteiger partial charge in [-0.1, -0.05) is 6.92 Å². The van der Waals surface area contributed by atoms with E-state index in [9.17, 15) is 14.4 Å². The number of carbonyl (C=O) groups excluding carboxylic acids is 3. The van der Waals surface area contributed by atoms with Crippen LogP contribution in [0.25, 0.3) is 0 Å². The molecule has 0 aromatic heterocycles. The first-order valence-electron chi connectivity index (χ1n) is 8.36. The molecule has 25 heavy (non-hydrogen) atoms. The van der Waals surface area contributed by atoms with Crippen LogP contribution in [0.5, 0.6) is 0 Å². The lowest BCUT2D eigenvalue weighted by Crippen LogP contribution is -2.41. The first-order chi connectivity index (χ1) is 11.8. The van der Waals surface area contributed by atoms with Gasteiger partial charge in [0, 0.05) is 11.7 Å². The molecule has 0 radical (unpaired) electrons. The van der Waals surface area contributed by atoms with Crippen molar-refractivity contribution in [1.82, 2.24) is 10.2 Å². The van der Waals surface area contributed by atoms with E-state index in [1.165, 1.54) is 0 Å². The zero-order chi connectivity index (χ0) is 18.8. The van der Waals surface area contributed by atoms with Crippen LogP contribution < -0.4 is 10.6 Å². The lowest BCUT2D eigenvalue weighted by Gasteiger charge is -2.17. The summed E-state index contributed by atoms with van der Waals surface area (Å²) < 4.78 is 5.04. The molecule has 1 rings (SSSR count). The van der Waals surface area contributed by atoms with E-state index >= 15 is 0 Å². The number of nitrogens with one attached hydrogen (secondary N) is 2. The van der Waals surface area contributed by atoms with Gasteiger partial charge >= 0.3 is 5.97 Å². The van der Waals surface area contributed by atoms with Crippen LogP contribution in [0.15, 0.2) is 24.3 Å². The number of likely N-dealkylation sites (N-methyl/N-ethyl adjacent to an activating group) is 1. The van der Waals surface area contributed by atoms with Gasteiger partial charge in [-0.3, -0.25) is 14.5 Å². The molecule has 0 unspecified atom stereocenters. The molecular weight excluding hydrogens is 322 g/mol. The Hall–Kier alpha value is -2.41. The maximum atomic E-state index is 12.0. The molecule has 138 valence electrons. The minimum Gasteiger partial charge on any atom is -0.462 e. The number of esters is 1. The molecule has 0 aliphatic heterocycles. The molecule has 0 spiro atoms. The summed E-state index contributed by atoms with van der Waals surface area (Å²) in [6, 6.07) is 6.57. The standard InChI is InChI=1S/C18H27N3O4/c1-5-10-25-18(24)14-6-8-15(9-7-14)20-17(23)12-21(4)11-16(22)19-13(2)3/h6-9,13H,5,10-12H2,1-4H3,(H,19,22)(H,20,23). The molecular formula is C18H27N3O4. The summed E-state index contributed by atoms with van der Waals surface area (Å²) >= 11 is 0. The van der Waals surface area contributed by atoms with Gasteiger partial charge in [0.15, 0.2) is 0 Å². The molecule has 0 heterocycles. The Balaban J connectivity index is 2.46. The van der Waals surface area contributed by atoms with Crippen LogP contribution in [0.1, 0.15) is 37.6 Å². The first-order valence-corrected chi connectivity index (χ1v) is 8.36. The molecule has 0 fully saturated rings. The van der Waals surface area contributed by atoms with Crippen molar-refractivity contribution in [3.63, 3.8) is 0 Å². The minimum absolute atomic E-state index is 0.0669. The zero-order valence-electron chi connectivity index (χ0n) is 15.3. The molecule has 0 saturated carbocycles. The highest BCUT2D eigenvalue weighted by atomic mass is 16.5. The van der Waals surface area contributed by atoms with Crippen molar-refractivity contribution in [1.29, 1.82) is 0 Å². The second-order valence-electron chi connectivity index (χ2n) is 6.16. The molecule has 0 atom stereocenters. The van der Waals surface area contributed by atoms with Gasteiger partial charge in [0.25, 0.3) is 0 Å². The number of ether oxygens (including phenoxy) is 1. The van der Waals surface area contributed by atoms with E-state index in [1.807, 2.05) is 20.8 Å². The third kappa shape index (κ3) is 8.30. The second kappa shape index (κ2) is 10.5. The topological polar surface area (TPSA) is 87.7 Å². The third-order valence-corrected chi connectivity index (χ3v) is 3.12. The van der Waals surface area contributed by atoms with Gasteiger partial charge in [0.2, 0.25) is 11.8 Å². The fourth-order valence-corrected chi connectivity index (χ4v) is 2.08. The Morgan fingerprint density at radius 1 is 1.08 bits per heavy atom. The van der Waals surface area contributed by atoms with Gasteiger partial charge < -0.3 is 15.4 Å². The van der Waals surface area contributed by atoms with Crippen molar-refractivity contribution in [2.45, 2.75) is 33.2 Å². The zero-order valence-corrected chi connectivity index (χ0v) is 15.3. The number of amides is 2. The summed E-state index contributed by atoms with van der Waals surface area (Å²) in [5.41, 5.74) is 1.02. The number of hydrogen-bond acceptors (Lipinski definition) is 5.